The first-order chi connectivity index (χ1) is 10.6. The average molecular weight is 373 g/mol. The number of amides is 1. The molecule has 3 N–H and O–H groups in total. The molecular formula is C16H18Cl2N2O2S. The van der Waals surface area contributed by atoms with Crippen molar-refractivity contribution in [2.45, 2.75) is 6.10 Å². The first-order valence-corrected chi connectivity index (χ1v) is 8.35. The van der Waals surface area contributed by atoms with Gasteiger partial charge >= 0.3 is 0 Å². The zero-order chi connectivity index (χ0) is 15.5. The summed E-state index contributed by atoms with van der Waals surface area (Å²) < 4.78 is 0. The van der Waals surface area contributed by atoms with E-state index >= 15 is 0 Å². The summed E-state index contributed by atoms with van der Waals surface area (Å²) in [6.07, 6.45) is -0.381. The van der Waals surface area contributed by atoms with Gasteiger partial charge in [0.1, 0.15) is 0 Å². The summed E-state index contributed by atoms with van der Waals surface area (Å²) in [5.41, 5.74) is 1.05. The zero-order valence-corrected chi connectivity index (χ0v) is 14.7. The van der Waals surface area contributed by atoms with Crippen LogP contribution in [-0.4, -0.2) is 36.8 Å². The fourth-order valence-electron chi connectivity index (χ4n) is 2.47. The Kier molecular flexibility index (Phi) is 6.44. The topological polar surface area (TPSA) is 61.4 Å². The largest absolute Gasteiger partial charge is 0.391 e. The minimum atomic E-state index is -0.381. The van der Waals surface area contributed by atoms with Crippen LogP contribution in [0, 0.1) is 5.92 Å². The number of nitrogens with one attached hydrogen (secondary N) is 2. The van der Waals surface area contributed by atoms with Crippen LogP contribution in [0.4, 0.5) is 0 Å². The van der Waals surface area contributed by atoms with Gasteiger partial charge in [0, 0.05) is 35.5 Å². The fourth-order valence-corrected chi connectivity index (χ4v) is 3.52. The van der Waals surface area contributed by atoms with E-state index in [1.54, 1.807) is 0 Å². The van der Waals surface area contributed by atoms with E-state index in [1.807, 2.05) is 36.4 Å². The summed E-state index contributed by atoms with van der Waals surface area (Å²) in [6, 6.07) is 11.3. The van der Waals surface area contributed by atoms with Crippen molar-refractivity contribution in [1.82, 2.24) is 10.6 Å². The molecule has 1 aliphatic rings. The zero-order valence-electron chi connectivity index (χ0n) is 12.3. The number of benzene rings is 1. The highest BCUT2D eigenvalue weighted by molar-refractivity contribution is 7.17. The summed E-state index contributed by atoms with van der Waals surface area (Å²) in [5.74, 6) is -0.0102. The van der Waals surface area contributed by atoms with Gasteiger partial charge in [-0.2, -0.15) is 0 Å². The van der Waals surface area contributed by atoms with E-state index in [2.05, 4.69) is 10.6 Å². The summed E-state index contributed by atoms with van der Waals surface area (Å²) >= 11 is 7.33. The quantitative estimate of drug-likeness (QED) is 0.773. The molecule has 0 radical (unpaired) electrons. The minimum absolute atomic E-state index is 0. The first-order valence-electron chi connectivity index (χ1n) is 7.16. The molecule has 2 unspecified atom stereocenters. The van der Waals surface area contributed by atoms with Crippen molar-refractivity contribution in [3.8, 4) is 10.4 Å². The third-order valence-corrected chi connectivity index (χ3v) is 5.17. The van der Waals surface area contributed by atoms with E-state index in [0.29, 0.717) is 23.0 Å². The van der Waals surface area contributed by atoms with E-state index in [4.69, 9.17) is 11.6 Å². The molecule has 1 saturated heterocycles. The summed E-state index contributed by atoms with van der Waals surface area (Å²) in [7, 11) is 0. The third-order valence-electron chi connectivity index (χ3n) is 3.79. The van der Waals surface area contributed by atoms with Gasteiger partial charge < -0.3 is 15.7 Å². The minimum Gasteiger partial charge on any atom is -0.391 e. The Morgan fingerprint density at radius 2 is 2.00 bits per heavy atom. The van der Waals surface area contributed by atoms with Gasteiger partial charge in [0.15, 0.2) is 0 Å². The highest BCUT2D eigenvalue weighted by Gasteiger charge is 2.25. The molecule has 0 aliphatic carbocycles. The van der Waals surface area contributed by atoms with Gasteiger partial charge in [0.2, 0.25) is 0 Å². The number of carbonyl (C=O) groups is 1. The normalized spacial score (nSPS) is 20.1. The molecule has 0 bridgehead atoms. The van der Waals surface area contributed by atoms with E-state index in [1.165, 1.54) is 11.3 Å². The number of carbonyl (C=O) groups excluding carboxylic acids is 1. The molecule has 2 heterocycles. The molecule has 0 spiro atoms. The van der Waals surface area contributed by atoms with Crippen molar-refractivity contribution in [2.75, 3.05) is 19.6 Å². The van der Waals surface area contributed by atoms with Crippen LogP contribution >= 0.6 is 35.3 Å². The smallest absolute Gasteiger partial charge is 0.261 e. The molecule has 3 rings (SSSR count). The molecule has 1 aromatic carbocycles. The van der Waals surface area contributed by atoms with Crippen molar-refractivity contribution in [1.29, 1.82) is 0 Å². The number of hydrogen-bond donors (Lipinski definition) is 3. The lowest BCUT2D eigenvalue weighted by Gasteiger charge is -2.13. The van der Waals surface area contributed by atoms with E-state index in [-0.39, 0.29) is 30.3 Å². The predicted octanol–water partition coefficient (Wildman–Crippen LogP) is 2.80. The van der Waals surface area contributed by atoms with E-state index in [9.17, 15) is 9.90 Å². The maximum atomic E-state index is 12.2. The molecule has 1 aliphatic heterocycles. The highest BCUT2D eigenvalue weighted by Crippen LogP contribution is 2.29. The second kappa shape index (κ2) is 8.13. The number of aliphatic hydroxyl groups excluding tert-OH is 1. The predicted molar refractivity (Wildman–Crippen MR) is 96.7 cm³/mol. The number of thiophene rings is 1. The summed E-state index contributed by atoms with van der Waals surface area (Å²) in [6.45, 7) is 1.82. The van der Waals surface area contributed by atoms with Crippen LogP contribution in [0.15, 0.2) is 36.4 Å². The number of rotatable bonds is 4. The van der Waals surface area contributed by atoms with Crippen LogP contribution in [0.25, 0.3) is 10.4 Å². The second-order valence-electron chi connectivity index (χ2n) is 5.37. The van der Waals surface area contributed by atoms with Gasteiger partial charge in [-0.15, -0.1) is 23.7 Å². The lowest BCUT2D eigenvalue weighted by Crippen LogP contribution is -2.33. The molecule has 4 nitrogen and oxygen atoms in total. The molecular weight excluding hydrogens is 355 g/mol. The van der Waals surface area contributed by atoms with Crippen LogP contribution in [0.2, 0.25) is 5.02 Å². The number of aliphatic hydroxyl groups is 1. The molecule has 7 heteroatoms. The molecule has 124 valence electrons. The van der Waals surface area contributed by atoms with E-state index < -0.39 is 0 Å². The Morgan fingerprint density at radius 3 is 2.65 bits per heavy atom. The van der Waals surface area contributed by atoms with Crippen molar-refractivity contribution < 1.29 is 9.90 Å². The second-order valence-corrected chi connectivity index (χ2v) is 6.89. The van der Waals surface area contributed by atoms with E-state index in [0.717, 1.165) is 17.0 Å². The molecule has 2 aromatic rings. The van der Waals surface area contributed by atoms with Gasteiger partial charge in [-0.1, -0.05) is 23.7 Å². The fraction of sp³-hybridized carbons (Fsp3) is 0.312. The summed E-state index contributed by atoms with van der Waals surface area (Å²) in [5, 5.41) is 16.4. The van der Waals surface area contributed by atoms with Crippen LogP contribution in [0.3, 0.4) is 0 Å². The van der Waals surface area contributed by atoms with Crippen LogP contribution in [0.5, 0.6) is 0 Å². The Morgan fingerprint density at radius 1 is 1.26 bits per heavy atom. The van der Waals surface area contributed by atoms with Crippen LogP contribution in [-0.2, 0) is 0 Å². The Balaban J connectivity index is 0.00000192. The lowest BCUT2D eigenvalue weighted by molar-refractivity contribution is 0.0931. The molecule has 0 saturated carbocycles. The monoisotopic (exact) mass is 372 g/mol. The van der Waals surface area contributed by atoms with Crippen LogP contribution in [0.1, 0.15) is 9.67 Å². The molecule has 1 amide bonds. The Labute approximate surface area is 150 Å². The maximum absolute atomic E-state index is 12.2. The highest BCUT2D eigenvalue weighted by atomic mass is 35.5. The summed E-state index contributed by atoms with van der Waals surface area (Å²) in [4.78, 5) is 13.9. The van der Waals surface area contributed by atoms with Crippen molar-refractivity contribution in [3.63, 3.8) is 0 Å². The molecule has 23 heavy (non-hydrogen) atoms. The van der Waals surface area contributed by atoms with Crippen molar-refractivity contribution in [3.05, 3.63) is 46.3 Å². The van der Waals surface area contributed by atoms with Crippen LogP contribution < -0.4 is 10.6 Å². The van der Waals surface area contributed by atoms with Gasteiger partial charge in [0.25, 0.3) is 5.91 Å². The average Bonchev–Trinajstić information content (AvgIpc) is 3.15. The molecule has 1 fully saturated rings. The first kappa shape index (κ1) is 18.2. The lowest BCUT2D eigenvalue weighted by atomic mass is 10.1. The van der Waals surface area contributed by atoms with Gasteiger partial charge in [0.05, 0.1) is 11.0 Å². The standard InChI is InChI=1S/C16H17ClN2O2S.ClH/c17-12-3-1-10(2-4-12)14-5-6-15(22-14)16(21)19-8-11-7-18-9-13(11)20;/h1-6,11,13,18,20H,7-9H2,(H,19,21);1H. The number of β-amino-alcohol motifs (C(OH)–C–C–N with tert-alkyl or cyclic N) is 1. The molecule has 1 aromatic heterocycles. The van der Waals surface area contributed by atoms with Crippen molar-refractivity contribution in [2.24, 2.45) is 5.92 Å². The molecule has 2 atom stereocenters. The number of hydrogen-bond acceptors (Lipinski definition) is 4. The van der Waals surface area contributed by atoms with Gasteiger partial charge in [-0.05, 0) is 29.8 Å². The maximum Gasteiger partial charge on any atom is 0.261 e. The van der Waals surface area contributed by atoms with Gasteiger partial charge in [-0.25, -0.2) is 0 Å². The number of halogens is 2. The Bertz CT molecular complexity index is 660. The third kappa shape index (κ3) is 4.46. The Hall–Kier alpha value is -1.11. The van der Waals surface area contributed by atoms with Crippen molar-refractivity contribution >= 4 is 41.3 Å². The van der Waals surface area contributed by atoms with Gasteiger partial charge in [-0.3, -0.25) is 4.79 Å². The SMILES string of the molecule is Cl.O=C(NCC1CNCC1O)c1ccc(-c2ccc(Cl)cc2)s1.